The summed E-state index contributed by atoms with van der Waals surface area (Å²) < 4.78 is 1.59. The lowest BCUT2D eigenvalue weighted by Gasteiger charge is -2.18. The smallest absolute Gasteiger partial charge is 0.303 e. The van der Waals surface area contributed by atoms with Crippen molar-refractivity contribution in [1.82, 2.24) is 5.32 Å². The topological polar surface area (TPSA) is 66.4 Å². The predicted octanol–water partition coefficient (Wildman–Crippen LogP) is 4.08. The van der Waals surface area contributed by atoms with Gasteiger partial charge in [-0.2, -0.15) is 0 Å². The summed E-state index contributed by atoms with van der Waals surface area (Å²) in [6, 6.07) is 5.32. The van der Waals surface area contributed by atoms with Gasteiger partial charge in [-0.15, -0.1) is 0 Å². The van der Waals surface area contributed by atoms with Gasteiger partial charge < -0.3 is 10.4 Å². The number of hydrogen-bond donors (Lipinski definition) is 2. The van der Waals surface area contributed by atoms with E-state index in [-0.39, 0.29) is 18.2 Å². The summed E-state index contributed by atoms with van der Waals surface area (Å²) in [5, 5.41) is 11.8. The van der Waals surface area contributed by atoms with Crippen LogP contribution in [0.5, 0.6) is 0 Å². The number of carbonyl (C=O) groups excluding carboxylic acids is 1. The van der Waals surface area contributed by atoms with Crippen molar-refractivity contribution in [2.75, 3.05) is 6.54 Å². The molecule has 0 fully saturated rings. The molecule has 116 valence electrons. The van der Waals surface area contributed by atoms with Crippen molar-refractivity contribution in [1.29, 1.82) is 0 Å². The van der Waals surface area contributed by atoms with E-state index in [0.29, 0.717) is 22.5 Å². The molecule has 0 saturated heterocycles. The highest BCUT2D eigenvalue weighted by Gasteiger charge is 2.17. The number of carboxylic acid groups (broad SMARTS) is 1. The van der Waals surface area contributed by atoms with Crippen LogP contribution in [-0.2, 0) is 4.79 Å². The first-order chi connectivity index (χ1) is 9.79. The Bertz CT molecular complexity index is 518. The molecule has 2 N–H and O–H groups in total. The van der Waals surface area contributed by atoms with Gasteiger partial charge in [-0.25, -0.2) is 0 Å². The van der Waals surface area contributed by atoms with Crippen LogP contribution in [0.3, 0.4) is 0 Å². The van der Waals surface area contributed by atoms with E-state index in [9.17, 15) is 9.59 Å². The van der Waals surface area contributed by atoms with Crippen LogP contribution in [0.1, 0.15) is 37.0 Å². The number of nitrogens with one attached hydrogen (secondary N) is 1. The molecule has 0 saturated carbocycles. The Kier molecular flexibility index (Phi) is 7.39. The van der Waals surface area contributed by atoms with Crippen LogP contribution in [0.2, 0.25) is 0 Å². The normalized spacial score (nSPS) is 12.2. The lowest BCUT2D eigenvalue weighted by molar-refractivity contribution is -0.138. The molecule has 6 heteroatoms. The Morgan fingerprint density at radius 3 is 2.48 bits per heavy atom. The lowest BCUT2D eigenvalue weighted by Crippen LogP contribution is -2.31. The summed E-state index contributed by atoms with van der Waals surface area (Å²) in [4.78, 5) is 23.0. The standard InChI is InChI=1S/C15H19Br2NO3/c1-9(2)5-10(6-14(19)20)8-18-15(21)12-4-3-11(16)7-13(12)17/h3-4,7,9-10H,5-6,8H2,1-2H3,(H,18,21)(H,19,20)/t10-/m0/s1. The summed E-state index contributed by atoms with van der Waals surface area (Å²) >= 11 is 6.69. The monoisotopic (exact) mass is 419 g/mol. The van der Waals surface area contributed by atoms with Gasteiger partial charge in [0.2, 0.25) is 0 Å². The van der Waals surface area contributed by atoms with Crippen LogP contribution in [0.25, 0.3) is 0 Å². The van der Waals surface area contributed by atoms with Crippen LogP contribution >= 0.6 is 31.9 Å². The third-order valence-corrected chi connectivity index (χ3v) is 4.14. The molecule has 21 heavy (non-hydrogen) atoms. The summed E-state index contributed by atoms with van der Waals surface area (Å²) in [6.45, 7) is 4.45. The molecule has 1 rings (SSSR count). The molecule has 0 aliphatic rings. The third-order valence-electron chi connectivity index (χ3n) is 3.00. The Balaban J connectivity index is 2.65. The molecule has 0 unspecified atom stereocenters. The average molecular weight is 421 g/mol. The fourth-order valence-electron chi connectivity index (χ4n) is 2.16. The second-order valence-corrected chi connectivity index (χ2v) is 7.20. The number of amides is 1. The molecule has 0 aliphatic heterocycles. The molecular formula is C15H19Br2NO3. The number of halogens is 2. The zero-order chi connectivity index (χ0) is 16.0. The second-order valence-electron chi connectivity index (χ2n) is 5.43. The quantitative estimate of drug-likeness (QED) is 0.698. The fraction of sp³-hybridized carbons (Fsp3) is 0.467. The lowest BCUT2D eigenvalue weighted by atomic mass is 9.94. The molecule has 1 aromatic rings. The van der Waals surface area contributed by atoms with Gasteiger partial charge in [0.1, 0.15) is 0 Å². The maximum atomic E-state index is 12.1. The van der Waals surface area contributed by atoms with Crippen molar-refractivity contribution in [3.8, 4) is 0 Å². The number of rotatable bonds is 7. The number of benzene rings is 1. The average Bonchev–Trinajstić information content (AvgIpc) is 2.34. The van der Waals surface area contributed by atoms with Gasteiger partial charge in [-0.05, 0) is 52.4 Å². The zero-order valence-corrected chi connectivity index (χ0v) is 15.2. The molecule has 1 amide bonds. The minimum absolute atomic E-state index is 0.0549. The second kappa shape index (κ2) is 8.54. The van der Waals surface area contributed by atoms with Crippen molar-refractivity contribution < 1.29 is 14.7 Å². The Hall–Kier alpha value is -0.880. The number of hydrogen-bond acceptors (Lipinski definition) is 2. The predicted molar refractivity (Wildman–Crippen MR) is 89.4 cm³/mol. The Morgan fingerprint density at radius 2 is 1.95 bits per heavy atom. The van der Waals surface area contributed by atoms with E-state index in [1.165, 1.54) is 0 Å². The molecule has 1 aromatic carbocycles. The summed E-state index contributed by atoms with van der Waals surface area (Å²) in [5.41, 5.74) is 0.539. The van der Waals surface area contributed by atoms with Gasteiger partial charge in [0, 0.05) is 21.9 Å². The van der Waals surface area contributed by atoms with Crippen LogP contribution in [0.4, 0.5) is 0 Å². The number of carbonyl (C=O) groups is 2. The molecule has 1 atom stereocenters. The number of carboxylic acids is 1. The van der Waals surface area contributed by atoms with E-state index in [2.05, 4.69) is 37.2 Å². The van der Waals surface area contributed by atoms with Crippen LogP contribution in [0.15, 0.2) is 27.1 Å². The molecule has 0 aliphatic carbocycles. The maximum Gasteiger partial charge on any atom is 0.303 e. The van der Waals surface area contributed by atoms with E-state index in [4.69, 9.17) is 5.11 Å². The summed E-state index contributed by atoms with van der Waals surface area (Å²) in [7, 11) is 0. The number of aliphatic carboxylic acids is 1. The van der Waals surface area contributed by atoms with Crippen LogP contribution in [0, 0.1) is 11.8 Å². The first-order valence-electron chi connectivity index (χ1n) is 6.74. The Morgan fingerprint density at radius 1 is 1.29 bits per heavy atom. The molecular weight excluding hydrogens is 402 g/mol. The van der Waals surface area contributed by atoms with E-state index in [0.717, 1.165) is 10.9 Å². The fourth-order valence-corrected chi connectivity index (χ4v) is 3.39. The third kappa shape index (κ3) is 6.61. The van der Waals surface area contributed by atoms with Crippen LogP contribution in [-0.4, -0.2) is 23.5 Å². The zero-order valence-electron chi connectivity index (χ0n) is 12.0. The van der Waals surface area contributed by atoms with Gasteiger partial charge in [0.05, 0.1) is 5.56 Å². The minimum Gasteiger partial charge on any atom is -0.481 e. The van der Waals surface area contributed by atoms with Crippen molar-refractivity contribution in [3.05, 3.63) is 32.7 Å². The molecule has 0 aromatic heterocycles. The molecule has 0 spiro atoms. The van der Waals surface area contributed by atoms with Crippen molar-refractivity contribution in [2.45, 2.75) is 26.7 Å². The van der Waals surface area contributed by atoms with E-state index in [1.807, 2.05) is 13.8 Å². The van der Waals surface area contributed by atoms with Crippen molar-refractivity contribution in [3.63, 3.8) is 0 Å². The molecule has 0 radical (unpaired) electrons. The highest BCUT2D eigenvalue weighted by atomic mass is 79.9. The molecule has 0 heterocycles. The van der Waals surface area contributed by atoms with Gasteiger partial charge >= 0.3 is 5.97 Å². The van der Waals surface area contributed by atoms with Gasteiger partial charge in [-0.3, -0.25) is 9.59 Å². The summed E-state index contributed by atoms with van der Waals surface area (Å²) in [6.07, 6.45) is 0.841. The SMILES string of the molecule is CC(C)C[C@H](CNC(=O)c1ccc(Br)cc1Br)CC(=O)O. The molecule has 4 nitrogen and oxygen atoms in total. The van der Waals surface area contributed by atoms with Gasteiger partial charge in [-0.1, -0.05) is 29.8 Å². The Labute approximate surface area is 141 Å². The van der Waals surface area contributed by atoms with Gasteiger partial charge in [0.25, 0.3) is 5.91 Å². The van der Waals surface area contributed by atoms with E-state index in [1.54, 1.807) is 18.2 Å². The van der Waals surface area contributed by atoms with Crippen LogP contribution < -0.4 is 5.32 Å². The molecule has 0 bridgehead atoms. The highest BCUT2D eigenvalue weighted by Crippen LogP contribution is 2.22. The summed E-state index contributed by atoms with van der Waals surface area (Å²) in [5.74, 6) is -0.695. The first-order valence-corrected chi connectivity index (χ1v) is 8.33. The largest absolute Gasteiger partial charge is 0.481 e. The van der Waals surface area contributed by atoms with E-state index >= 15 is 0 Å². The minimum atomic E-state index is -0.834. The van der Waals surface area contributed by atoms with Gasteiger partial charge in [0.15, 0.2) is 0 Å². The highest BCUT2D eigenvalue weighted by molar-refractivity contribution is 9.11. The maximum absolute atomic E-state index is 12.1. The first kappa shape index (κ1) is 18.2. The van der Waals surface area contributed by atoms with Crippen molar-refractivity contribution in [2.24, 2.45) is 11.8 Å². The van der Waals surface area contributed by atoms with E-state index < -0.39 is 5.97 Å². The van der Waals surface area contributed by atoms with Crippen molar-refractivity contribution >= 4 is 43.7 Å².